The summed E-state index contributed by atoms with van der Waals surface area (Å²) < 4.78 is 36.5. The SMILES string of the molecule is COc1ccc(N([C@H](C)C(=O)NCCOc2ccc(C)c(C)c2)S(C)(=O)=O)cc1Cl. The predicted octanol–water partition coefficient (Wildman–Crippen LogP) is 3.32. The Bertz CT molecular complexity index is 1010. The number of carbonyl (C=O) groups is 1. The summed E-state index contributed by atoms with van der Waals surface area (Å²) in [5.74, 6) is 0.677. The zero-order chi connectivity index (χ0) is 22.5. The van der Waals surface area contributed by atoms with Crippen LogP contribution in [0.3, 0.4) is 0 Å². The Morgan fingerprint density at radius 1 is 1.17 bits per heavy atom. The van der Waals surface area contributed by atoms with Gasteiger partial charge in [0.1, 0.15) is 24.1 Å². The Kier molecular flexibility index (Phi) is 7.97. The molecule has 164 valence electrons. The third-order valence-electron chi connectivity index (χ3n) is 4.63. The van der Waals surface area contributed by atoms with Crippen LogP contribution in [0.25, 0.3) is 0 Å². The second-order valence-electron chi connectivity index (χ2n) is 6.94. The first-order valence-electron chi connectivity index (χ1n) is 9.35. The minimum atomic E-state index is -3.74. The van der Waals surface area contributed by atoms with Crippen molar-refractivity contribution in [2.75, 3.05) is 30.8 Å². The monoisotopic (exact) mass is 454 g/mol. The van der Waals surface area contributed by atoms with Crippen molar-refractivity contribution < 1.29 is 22.7 Å². The zero-order valence-corrected chi connectivity index (χ0v) is 19.3. The fourth-order valence-electron chi connectivity index (χ4n) is 2.90. The summed E-state index contributed by atoms with van der Waals surface area (Å²) >= 11 is 6.13. The van der Waals surface area contributed by atoms with Gasteiger partial charge in [0.05, 0.1) is 30.6 Å². The summed E-state index contributed by atoms with van der Waals surface area (Å²) in [5.41, 5.74) is 2.56. The number of methoxy groups -OCH3 is 1. The molecule has 0 spiro atoms. The predicted molar refractivity (Wildman–Crippen MR) is 119 cm³/mol. The van der Waals surface area contributed by atoms with Gasteiger partial charge in [-0.25, -0.2) is 8.42 Å². The maximum Gasteiger partial charge on any atom is 0.243 e. The molecule has 0 aliphatic rings. The third-order valence-corrected chi connectivity index (χ3v) is 6.16. The van der Waals surface area contributed by atoms with Crippen molar-refractivity contribution in [3.05, 3.63) is 52.5 Å². The molecule has 0 radical (unpaired) electrons. The fourth-order valence-corrected chi connectivity index (χ4v) is 4.31. The van der Waals surface area contributed by atoms with Crippen LogP contribution < -0.4 is 19.1 Å². The normalized spacial score (nSPS) is 12.2. The van der Waals surface area contributed by atoms with E-state index in [2.05, 4.69) is 5.32 Å². The summed E-state index contributed by atoms with van der Waals surface area (Å²) in [7, 11) is -2.28. The molecular formula is C21H27ClN2O5S. The molecule has 1 atom stereocenters. The fraction of sp³-hybridized carbons (Fsp3) is 0.381. The number of aryl methyl sites for hydroxylation is 2. The lowest BCUT2D eigenvalue weighted by atomic mass is 10.1. The molecular weight excluding hydrogens is 428 g/mol. The second kappa shape index (κ2) is 10.0. The maximum atomic E-state index is 12.6. The van der Waals surface area contributed by atoms with Crippen molar-refractivity contribution in [1.82, 2.24) is 5.32 Å². The van der Waals surface area contributed by atoms with E-state index in [0.717, 1.165) is 16.1 Å². The number of amides is 1. The highest BCUT2D eigenvalue weighted by Gasteiger charge is 2.29. The molecule has 0 aliphatic heterocycles. The standard InChI is InChI=1S/C21H27ClN2O5S/c1-14-6-8-18(12-15(14)2)29-11-10-23-21(25)16(3)24(30(5,26)27)17-7-9-20(28-4)19(22)13-17/h6-9,12-13,16H,10-11H2,1-5H3,(H,23,25)/t16-/m1/s1. The number of nitrogens with one attached hydrogen (secondary N) is 1. The van der Waals surface area contributed by atoms with Crippen LogP contribution in [0, 0.1) is 13.8 Å². The Labute approximate surface area is 183 Å². The van der Waals surface area contributed by atoms with E-state index in [-0.39, 0.29) is 23.9 Å². The summed E-state index contributed by atoms with van der Waals surface area (Å²) in [6, 6.07) is 9.33. The number of hydrogen-bond acceptors (Lipinski definition) is 5. The van der Waals surface area contributed by atoms with E-state index >= 15 is 0 Å². The van der Waals surface area contributed by atoms with Gasteiger partial charge in [-0.05, 0) is 62.2 Å². The molecule has 30 heavy (non-hydrogen) atoms. The third kappa shape index (κ3) is 6.03. The smallest absolute Gasteiger partial charge is 0.243 e. The topological polar surface area (TPSA) is 84.9 Å². The number of halogens is 1. The Morgan fingerprint density at radius 2 is 1.87 bits per heavy atom. The van der Waals surface area contributed by atoms with Crippen molar-refractivity contribution >= 4 is 33.2 Å². The quantitative estimate of drug-likeness (QED) is 0.587. The Morgan fingerprint density at radius 3 is 2.43 bits per heavy atom. The minimum Gasteiger partial charge on any atom is -0.495 e. The minimum absolute atomic E-state index is 0.233. The molecule has 0 aliphatic carbocycles. The van der Waals surface area contributed by atoms with Gasteiger partial charge >= 0.3 is 0 Å². The zero-order valence-electron chi connectivity index (χ0n) is 17.7. The second-order valence-corrected chi connectivity index (χ2v) is 9.21. The highest BCUT2D eigenvalue weighted by molar-refractivity contribution is 7.92. The molecule has 1 amide bonds. The van der Waals surface area contributed by atoms with E-state index in [0.29, 0.717) is 11.5 Å². The first-order chi connectivity index (χ1) is 14.0. The van der Waals surface area contributed by atoms with E-state index in [1.54, 1.807) is 12.1 Å². The van der Waals surface area contributed by atoms with Crippen molar-refractivity contribution in [3.8, 4) is 11.5 Å². The Hall–Kier alpha value is -2.45. The molecule has 0 heterocycles. The van der Waals surface area contributed by atoms with Gasteiger partial charge in [0.25, 0.3) is 0 Å². The van der Waals surface area contributed by atoms with E-state index < -0.39 is 22.0 Å². The van der Waals surface area contributed by atoms with Crippen molar-refractivity contribution in [2.24, 2.45) is 0 Å². The van der Waals surface area contributed by atoms with Gasteiger partial charge in [0, 0.05) is 0 Å². The Balaban J connectivity index is 2.03. The number of nitrogens with zero attached hydrogens (tertiary/aromatic N) is 1. The van der Waals surface area contributed by atoms with Crippen LogP contribution in [0.2, 0.25) is 5.02 Å². The van der Waals surface area contributed by atoms with Crippen LogP contribution in [-0.2, 0) is 14.8 Å². The lowest BCUT2D eigenvalue weighted by Crippen LogP contribution is -2.48. The lowest BCUT2D eigenvalue weighted by molar-refractivity contribution is -0.121. The number of carbonyl (C=O) groups excluding carboxylic acids is 1. The summed E-state index contributed by atoms with van der Waals surface area (Å²) in [6.07, 6.45) is 1.04. The number of sulfonamides is 1. The van der Waals surface area contributed by atoms with E-state index in [1.807, 2.05) is 32.0 Å². The molecule has 9 heteroatoms. The molecule has 7 nitrogen and oxygen atoms in total. The first kappa shape index (κ1) is 23.8. The van der Waals surface area contributed by atoms with E-state index in [4.69, 9.17) is 21.1 Å². The first-order valence-corrected chi connectivity index (χ1v) is 11.6. The average molecular weight is 455 g/mol. The van der Waals surface area contributed by atoms with E-state index in [1.165, 1.54) is 25.7 Å². The van der Waals surface area contributed by atoms with Crippen LogP contribution in [0.4, 0.5) is 5.69 Å². The molecule has 0 saturated carbocycles. The van der Waals surface area contributed by atoms with Crippen molar-refractivity contribution in [3.63, 3.8) is 0 Å². The molecule has 0 saturated heterocycles. The molecule has 2 aromatic rings. The summed E-state index contributed by atoms with van der Waals surface area (Å²) in [6.45, 7) is 6.02. The number of benzene rings is 2. The van der Waals surface area contributed by atoms with Crippen LogP contribution in [0.1, 0.15) is 18.1 Å². The maximum absolute atomic E-state index is 12.6. The average Bonchev–Trinajstić information content (AvgIpc) is 2.67. The molecule has 2 aromatic carbocycles. The number of ether oxygens (including phenoxy) is 2. The largest absolute Gasteiger partial charge is 0.495 e. The van der Waals surface area contributed by atoms with Crippen LogP contribution in [-0.4, -0.2) is 46.9 Å². The van der Waals surface area contributed by atoms with Gasteiger partial charge in [-0.15, -0.1) is 0 Å². The van der Waals surface area contributed by atoms with Crippen molar-refractivity contribution in [1.29, 1.82) is 0 Å². The van der Waals surface area contributed by atoms with Crippen LogP contribution in [0.15, 0.2) is 36.4 Å². The molecule has 1 N–H and O–H groups in total. The number of hydrogen-bond donors (Lipinski definition) is 1. The molecule has 0 aromatic heterocycles. The van der Waals surface area contributed by atoms with Crippen molar-refractivity contribution in [2.45, 2.75) is 26.8 Å². The van der Waals surface area contributed by atoms with Gasteiger partial charge in [0.2, 0.25) is 15.9 Å². The molecule has 0 bridgehead atoms. The molecule has 0 fully saturated rings. The highest BCUT2D eigenvalue weighted by Crippen LogP contribution is 2.31. The van der Waals surface area contributed by atoms with Gasteiger partial charge in [-0.3, -0.25) is 9.10 Å². The van der Waals surface area contributed by atoms with Gasteiger partial charge < -0.3 is 14.8 Å². The van der Waals surface area contributed by atoms with Gasteiger partial charge in [0.15, 0.2) is 0 Å². The highest BCUT2D eigenvalue weighted by atomic mass is 35.5. The summed E-state index contributed by atoms with van der Waals surface area (Å²) in [5, 5.41) is 2.96. The molecule has 0 unspecified atom stereocenters. The summed E-state index contributed by atoms with van der Waals surface area (Å²) in [4.78, 5) is 12.6. The molecule has 2 rings (SSSR count). The number of rotatable bonds is 9. The van der Waals surface area contributed by atoms with E-state index in [9.17, 15) is 13.2 Å². The van der Waals surface area contributed by atoms with Gasteiger partial charge in [-0.2, -0.15) is 0 Å². The number of anilines is 1. The van der Waals surface area contributed by atoms with Gasteiger partial charge in [-0.1, -0.05) is 17.7 Å². The van der Waals surface area contributed by atoms with Crippen LogP contribution >= 0.6 is 11.6 Å². The van der Waals surface area contributed by atoms with Crippen LogP contribution in [0.5, 0.6) is 11.5 Å². The lowest BCUT2D eigenvalue weighted by Gasteiger charge is -2.28.